The number of guanidine groups is 1. The van der Waals surface area contributed by atoms with Crippen LogP contribution in [0.3, 0.4) is 0 Å². The van der Waals surface area contributed by atoms with Gasteiger partial charge in [0.15, 0.2) is 5.96 Å². The van der Waals surface area contributed by atoms with Gasteiger partial charge in [-0.3, -0.25) is 0 Å². The van der Waals surface area contributed by atoms with E-state index in [0.717, 1.165) is 42.3 Å². The first-order chi connectivity index (χ1) is 11.3. The summed E-state index contributed by atoms with van der Waals surface area (Å²) in [6.07, 6.45) is 0.831. The molecule has 0 radical (unpaired) electrons. The highest BCUT2D eigenvalue weighted by Gasteiger charge is 2.03. The molecule has 2 heterocycles. The summed E-state index contributed by atoms with van der Waals surface area (Å²) in [5.41, 5.74) is 2.10. The third kappa shape index (κ3) is 5.20. The average molecular weight is 455 g/mol. The molecule has 0 fully saturated rings. The molecule has 0 saturated heterocycles. The second kappa shape index (κ2) is 9.63. The summed E-state index contributed by atoms with van der Waals surface area (Å²) in [5.74, 6) is 1.84. The number of nitrogens with zero attached hydrogens (tertiary/aromatic N) is 2. The molecular weight excluding hydrogens is 433 g/mol. The van der Waals surface area contributed by atoms with Crippen LogP contribution in [-0.4, -0.2) is 29.0 Å². The van der Waals surface area contributed by atoms with Gasteiger partial charge in [-0.05, 0) is 30.5 Å². The van der Waals surface area contributed by atoms with E-state index < -0.39 is 0 Å². The van der Waals surface area contributed by atoms with Gasteiger partial charge >= 0.3 is 0 Å². The van der Waals surface area contributed by atoms with Crippen molar-refractivity contribution >= 4 is 52.3 Å². The lowest BCUT2D eigenvalue weighted by Gasteiger charge is -2.10. The summed E-state index contributed by atoms with van der Waals surface area (Å²) in [4.78, 5) is 13.8. The molecule has 0 unspecified atom stereocenters. The van der Waals surface area contributed by atoms with E-state index in [0.29, 0.717) is 6.54 Å². The molecule has 3 N–H and O–H groups in total. The van der Waals surface area contributed by atoms with E-state index in [9.17, 15) is 0 Å². The number of nitrogens with one attached hydrogen (secondary N) is 3. The summed E-state index contributed by atoms with van der Waals surface area (Å²) < 4.78 is 0. The zero-order chi connectivity index (χ0) is 15.9. The van der Waals surface area contributed by atoms with Crippen molar-refractivity contribution in [2.24, 2.45) is 4.99 Å². The van der Waals surface area contributed by atoms with Gasteiger partial charge in [-0.2, -0.15) is 0 Å². The molecule has 0 saturated carbocycles. The number of halogens is 1. The van der Waals surface area contributed by atoms with Crippen LogP contribution in [0.2, 0.25) is 0 Å². The minimum absolute atomic E-state index is 0. The van der Waals surface area contributed by atoms with Crippen molar-refractivity contribution < 1.29 is 0 Å². The number of benzene rings is 1. The van der Waals surface area contributed by atoms with Gasteiger partial charge < -0.3 is 15.6 Å². The van der Waals surface area contributed by atoms with Crippen LogP contribution in [0.4, 0.5) is 0 Å². The van der Waals surface area contributed by atoms with Gasteiger partial charge in [-0.1, -0.05) is 18.2 Å². The standard InChI is InChI=1S/C17H21N5S.HI/c1-2-18-17(20-12-13-6-5-11-23-13)19-10-9-16-21-14-7-3-4-8-15(14)22-16;/h3-8,11H,2,9-10,12H2,1H3,(H,21,22)(H2,18,19,20);1H. The summed E-state index contributed by atoms with van der Waals surface area (Å²) in [7, 11) is 0. The predicted molar refractivity (Wildman–Crippen MR) is 112 cm³/mol. The highest BCUT2D eigenvalue weighted by molar-refractivity contribution is 14.0. The number of rotatable bonds is 6. The molecule has 128 valence electrons. The van der Waals surface area contributed by atoms with Crippen molar-refractivity contribution in [3.8, 4) is 0 Å². The Kier molecular flexibility index (Phi) is 7.51. The van der Waals surface area contributed by atoms with Crippen LogP contribution in [0.15, 0.2) is 46.8 Å². The van der Waals surface area contributed by atoms with Crippen molar-refractivity contribution in [1.82, 2.24) is 20.6 Å². The van der Waals surface area contributed by atoms with Crippen LogP contribution in [0.1, 0.15) is 17.6 Å². The first-order valence-corrected chi connectivity index (χ1v) is 8.71. The molecule has 7 heteroatoms. The molecular formula is C17H22IN5S. The lowest BCUT2D eigenvalue weighted by Crippen LogP contribution is -2.38. The fourth-order valence-corrected chi connectivity index (χ4v) is 2.95. The maximum Gasteiger partial charge on any atom is 0.191 e. The van der Waals surface area contributed by atoms with Gasteiger partial charge in [0.05, 0.1) is 17.6 Å². The highest BCUT2D eigenvalue weighted by Crippen LogP contribution is 2.10. The van der Waals surface area contributed by atoms with E-state index in [2.05, 4.69) is 50.0 Å². The van der Waals surface area contributed by atoms with Gasteiger partial charge in [0.25, 0.3) is 0 Å². The van der Waals surface area contributed by atoms with Crippen LogP contribution >= 0.6 is 35.3 Å². The second-order valence-electron chi connectivity index (χ2n) is 5.15. The lowest BCUT2D eigenvalue weighted by atomic mass is 10.3. The minimum atomic E-state index is 0. The second-order valence-corrected chi connectivity index (χ2v) is 6.18. The van der Waals surface area contributed by atoms with Gasteiger partial charge in [-0.25, -0.2) is 9.98 Å². The summed E-state index contributed by atoms with van der Waals surface area (Å²) in [6, 6.07) is 12.2. The van der Waals surface area contributed by atoms with Gasteiger partial charge in [-0.15, -0.1) is 35.3 Å². The first-order valence-electron chi connectivity index (χ1n) is 7.83. The number of H-pyrrole nitrogens is 1. The van der Waals surface area contributed by atoms with Gasteiger partial charge in [0, 0.05) is 24.4 Å². The molecule has 0 spiro atoms. The Morgan fingerprint density at radius 2 is 2.08 bits per heavy atom. The number of thiophene rings is 1. The van der Waals surface area contributed by atoms with Gasteiger partial charge in [0.2, 0.25) is 0 Å². The number of aliphatic imine (C=N–C) groups is 1. The number of fused-ring (bicyclic) bond motifs is 1. The van der Waals surface area contributed by atoms with Crippen LogP contribution in [0.25, 0.3) is 11.0 Å². The highest BCUT2D eigenvalue weighted by atomic mass is 127. The Hall–Kier alpha value is -1.61. The number of imidazole rings is 1. The summed E-state index contributed by atoms with van der Waals surface area (Å²) in [5, 5.41) is 8.71. The zero-order valence-corrected chi connectivity index (χ0v) is 16.7. The fourth-order valence-electron chi connectivity index (χ4n) is 2.32. The molecule has 3 rings (SSSR count). The number of para-hydroxylation sites is 2. The molecule has 0 aliphatic carbocycles. The average Bonchev–Trinajstić information content (AvgIpc) is 3.21. The van der Waals surface area contributed by atoms with Gasteiger partial charge in [0.1, 0.15) is 5.82 Å². The van der Waals surface area contributed by atoms with E-state index >= 15 is 0 Å². The fraction of sp³-hybridized carbons (Fsp3) is 0.294. The number of hydrogen-bond acceptors (Lipinski definition) is 3. The Labute approximate surface area is 163 Å². The molecule has 5 nitrogen and oxygen atoms in total. The lowest BCUT2D eigenvalue weighted by molar-refractivity contribution is 0.781. The molecule has 0 aliphatic rings. The maximum atomic E-state index is 4.60. The molecule has 3 aromatic rings. The number of aromatic nitrogens is 2. The van der Waals surface area contributed by atoms with Crippen LogP contribution in [0, 0.1) is 0 Å². The third-order valence-corrected chi connectivity index (χ3v) is 4.27. The monoisotopic (exact) mass is 455 g/mol. The number of hydrogen-bond donors (Lipinski definition) is 3. The van der Waals surface area contributed by atoms with Crippen LogP contribution in [-0.2, 0) is 13.0 Å². The molecule has 0 aliphatic heterocycles. The summed E-state index contributed by atoms with van der Waals surface area (Å²) >= 11 is 1.73. The van der Waals surface area contributed by atoms with Crippen molar-refractivity contribution in [2.75, 3.05) is 13.1 Å². The van der Waals surface area contributed by atoms with E-state index in [1.165, 1.54) is 4.88 Å². The van der Waals surface area contributed by atoms with E-state index in [1.807, 2.05) is 24.3 Å². The zero-order valence-electron chi connectivity index (χ0n) is 13.6. The Bertz CT molecular complexity index is 733. The van der Waals surface area contributed by atoms with Crippen molar-refractivity contribution in [3.05, 3.63) is 52.5 Å². The molecule has 1 aromatic carbocycles. The largest absolute Gasteiger partial charge is 0.357 e. The van der Waals surface area contributed by atoms with Crippen molar-refractivity contribution in [3.63, 3.8) is 0 Å². The Morgan fingerprint density at radius 3 is 2.83 bits per heavy atom. The first kappa shape index (κ1) is 18.7. The Morgan fingerprint density at radius 1 is 1.21 bits per heavy atom. The molecule has 0 bridgehead atoms. The minimum Gasteiger partial charge on any atom is -0.357 e. The number of aromatic amines is 1. The predicted octanol–water partition coefficient (Wildman–Crippen LogP) is 3.54. The van der Waals surface area contributed by atoms with E-state index in [1.54, 1.807) is 11.3 Å². The van der Waals surface area contributed by atoms with Crippen LogP contribution < -0.4 is 10.6 Å². The summed E-state index contributed by atoms with van der Waals surface area (Å²) in [6.45, 7) is 4.41. The Balaban J connectivity index is 0.00000208. The topological polar surface area (TPSA) is 65.1 Å². The third-order valence-electron chi connectivity index (χ3n) is 3.41. The SMILES string of the molecule is CCNC(=NCc1cccs1)NCCc1nc2ccccc2[nH]1.I. The van der Waals surface area contributed by atoms with Crippen LogP contribution in [0.5, 0.6) is 0 Å². The van der Waals surface area contributed by atoms with E-state index in [-0.39, 0.29) is 24.0 Å². The van der Waals surface area contributed by atoms with E-state index in [4.69, 9.17) is 0 Å². The molecule has 2 aromatic heterocycles. The van der Waals surface area contributed by atoms with Crippen molar-refractivity contribution in [2.45, 2.75) is 19.9 Å². The molecule has 0 amide bonds. The van der Waals surface area contributed by atoms with Crippen molar-refractivity contribution in [1.29, 1.82) is 0 Å². The normalized spacial score (nSPS) is 11.3. The smallest absolute Gasteiger partial charge is 0.191 e. The molecule has 24 heavy (non-hydrogen) atoms. The quantitative estimate of drug-likeness (QED) is 0.303. The maximum absolute atomic E-state index is 4.60. The molecule has 0 atom stereocenters.